The summed E-state index contributed by atoms with van der Waals surface area (Å²) in [6.07, 6.45) is -3.47. The smallest absolute Gasteiger partial charge is 0.292 e. The number of pyridine rings is 1. The molecule has 0 aromatic carbocycles. The summed E-state index contributed by atoms with van der Waals surface area (Å²) in [6.45, 7) is 1.75. The van der Waals surface area contributed by atoms with Crippen LogP contribution in [0.1, 0.15) is 34.5 Å². The molecule has 1 aliphatic carbocycles. The number of aromatic nitrogens is 2. The van der Waals surface area contributed by atoms with Gasteiger partial charge in [0, 0.05) is 11.1 Å². The topological polar surface area (TPSA) is 78.7 Å². The summed E-state index contributed by atoms with van der Waals surface area (Å²) in [7, 11) is 0. The van der Waals surface area contributed by atoms with Gasteiger partial charge in [0.05, 0.1) is 16.8 Å². The van der Waals surface area contributed by atoms with E-state index in [1.807, 2.05) is 0 Å². The van der Waals surface area contributed by atoms with E-state index in [2.05, 4.69) is 15.3 Å². The van der Waals surface area contributed by atoms with Crippen LogP contribution in [0.2, 0.25) is 0 Å². The fourth-order valence-electron chi connectivity index (χ4n) is 2.66. The van der Waals surface area contributed by atoms with Crippen LogP contribution < -0.4 is 5.32 Å². The predicted octanol–water partition coefficient (Wildman–Crippen LogP) is 4.55. The standard InChI is InChI=1S/C15H11F3N4OS2/c1-7-6-24-13(20-7)22-14(23)25-12-9(5-19)11(15(16,17)18)8-3-2-4-10(8)21-12/h6H,2-4H2,1H3,(H,20,22,23). The molecule has 2 aromatic rings. The molecule has 0 bridgehead atoms. The van der Waals surface area contributed by atoms with Gasteiger partial charge in [-0.3, -0.25) is 10.1 Å². The maximum absolute atomic E-state index is 13.5. The van der Waals surface area contributed by atoms with E-state index in [0.29, 0.717) is 35.4 Å². The Bertz CT molecular complexity index is 886. The molecule has 0 saturated carbocycles. The molecular formula is C15H11F3N4OS2. The number of thioether (sulfide) groups is 1. The van der Waals surface area contributed by atoms with E-state index >= 15 is 0 Å². The van der Waals surface area contributed by atoms with Crippen LogP contribution in [0.4, 0.5) is 23.1 Å². The monoisotopic (exact) mass is 384 g/mol. The number of fused-ring (bicyclic) bond motifs is 1. The van der Waals surface area contributed by atoms with E-state index in [9.17, 15) is 23.2 Å². The average molecular weight is 384 g/mol. The molecule has 25 heavy (non-hydrogen) atoms. The van der Waals surface area contributed by atoms with Crippen molar-refractivity contribution in [3.05, 3.63) is 33.5 Å². The maximum Gasteiger partial charge on any atom is 0.418 e. The fourth-order valence-corrected chi connectivity index (χ4v) is 4.14. The molecule has 0 radical (unpaired) electrons. The van der Waals surface area contributed by atoms with E-state index in [1.165, 1.54) is 11.3 Å². The molecule has 1 amide bonds. The van der Waals surface area contributed by atoms with E-state index in [4.69, 9.17) is 0 Å². The van der Waals surface area contributed by atoms with Gasteiger partial charge < -0.3 is 0 Å². The molecular weight excluding hydrogens is 373 g/mol. The van der Waals surface area contributed by atoms with Crippen LogP contribution in [0.25, 0.3) is 0 Å². The zero-order chi connectivity index (χ0) is 18.2. The molecule has 5 nitrogen and oxygen atoms in total. The number of anilines is 1. The van der Waals surface area contributed by atoms with Crippen molar-refractivity contribution in [3.8, 4) is 6.07 Å². The van der Waals surface area contributed by atoms with Crippen LogP contribution in [0.15, 0.2) is 10.4 Å². The molecule has 1 aliphatic rings. The Morgan fingerprint density at radius 3 is 2.76 bits per heavy atom. The Balaban J connectivity index is 1.96. The Labute approximate surface area is 149 Å². The summed E-state index contributed by atoms with van der Waals surface area (Å²) in [5.41, 5.74) is -0.449. The van der Waals surface area contributed by atoms with Crippen molar-refractivity contribution in [2.75, 3.05) is 5.32 Å². The number of rotatable bonds is 2. The average Bonchev–Trinajstić information content (AvgIpc) is 3.13. The van der Waals surface area contributed by atoms with E-state index < -0.39 is 22.5 Å². The highest BCUT2D eigenvalue weighted by Crippen LogP contribution is 2.41. The highest BCUT2D eigenvalue weighted by molar-refractivity contribution is 8.13. The van der Waals surface area contributed by atoms with Crippen molar-refractivity contribution >= 4 is 33.5 Å². The number of alkyl halides is 3. The number of amides is 1. The van der Waals surface area contributed by atoms with Crippen LogP contribution in [-0.4, -0.2) is 15.2 Å². The highest BCUT2D eigenvalue weighted by Gasteiger charge is 2.40. The van der Waals surface area contributed by atoms with Gasteiger partial charge in [-0.15, -0.1) is 11.3 Å². The van der Waals surface area contributed by atoms with Crippen LogP contribution in [0.3, 0.4) is 0 Å². The maximum atomic E-state index is 13.5. The van der Waals surface area contributed by atoms with E-state index in [1.54, 1.807) is 18.4 Å². The molecule has 0 spiro atoms. The van der Waals surface area contributed by atoms with Gasteiger partial charge in [0.2, 0.25) is 0 Å². The second-order valence-electron chi connectivity index (χ2n) is 5.36. The van der Waals surface area contributed by atoms with Gasteiger partial charge in [-0.1, -0.05) is 0 Å². The Kier molecular flexibility index (Phi) is 4.71. The normalized spacial score (nSPS) is 13.4. The zero-order valence-corrected chi connectivity index (χ0v) is 14.5. The first-order valence-corrected chi connectivity index (χ1v) is 8.93. The number of thiazole rings is 1. The third-order valence-electron chi connectivity index (χ3n) is 3.60. The van der Waals surface area contributed by atoms with Crippen molar-refractivity contribution in [1.29, 1.82) is 5.26 Å². The number of nitriles is 1. The molecule has 2 aromatic heterocycles. The molecule has 0 fully saturated rings. The van der Waals surface area contributed by atoms with Crippen LogP contribution in [0, 0.1) is 18.3 Å². The number of halogens is 3. The summed E-state index contributed by atoms with van der Waals surface area (Å²) in [6, 6.07) is 1.58. The van der Waals surface area contributed by atoms with Gasteiger partial charge in [-0.2, -0.15) is 18.4 Å². The molecule has 0 atom stereocenters. The third-order valence-corrected chi connectivity index (χ3v) is 5.26. The Hall–Kier alpha value is -2.12. The number of hydrogen-bond acceptors (Lipinski definition) is 6. The molecule has 10 heteroatoms. The first-order valence-electron chi connectivity index (χ1n) is 7.23. The SMILES string of the molecule is Cc1csc(NC(=O)Sc2nc3c(c(C(F)(F)F)c2C#N)CCC3)n1. The van der Waals surface area contributed by atoms with Crippen LogP contribution in [0.5, 0.6) is 0 Å². The molecule has 130 valence electrons. The third kappa shape index (κ3) is 3.62. The van der Waals surface area contributed by atoms with Crippen molar-refractivity contribution in [3.63, 3.8) is 0 Å². The Morgan fingerprint density at radius 2 is 2.16 bits per heavy atom. The van der Waals surface area contributed by atoms with Gasteiger partial charge in [0.25, 0.3) is 5.24 Å². The number of hydrogen-bond donors (Lipinski definition) is 1. The molecule has 2 heterocycles. The summed E-state index contributed by atoms with van der Waals surface area (Å²) in [4.78, 5) is 20.3. The molecule has 0 aliphatic heterocycles. The lowest BCUT2D eigenvalue weighted by Gasteiger charge is -2.16. The minimum absolute atomic E-state index is 0.0735. The van der Waals surface area contributed by atoms with E-state index in [-0.39, 0.29) is 17.0 Å². The number of carbonyl (C=O) groups excluding carboxylic acids is 1. The number of aryl methyl sites for hydroxylation is 2. The Morgan fingerprint density at radius 1 is 1.40 bits per heavy atom. The second-order valence-corrected chi connectivity index (χ2v) is 7.18. The molecule has 1 N–H and O–H groups in total. The quantitative estimate of drug-likeness (QED) is 0.769. The summed E-state index contributed by atoms with van der Waals surface area (Å²) in [5.74, 6) is 0. The molecule has 0 saturated heterocycles. The minimum atomic E-state index is -4.67. The van der Waals surface area contributed by atoms with Crippen molar-refractivity contribution in [2.45, 2.75) is 37.4 Å². The first-order chi connectivity index (χ1) is 11.8. The molecule has 0 unspecified atom stereocenters. The predicted molar refractivity (Wildman–Crippen MR) is 87.7 cm³/mol. The van der Waals surface area contributed by atoms with Gasteiger partial charge in [0.15, 0.2) is 5.13 Å². The van der Waals surface area contributed by atoms with Gasteiger partial charge in [-0.25, -0.2) is 9.97 Å². The molecule has 3 rings (SSSR count). The first kappa shape index (κ1) is 17.7. The van der Waals surface area contributed by atoms with Gasteiger partial charge in [-0.05, 0) is 43.5 Å². The number of nitrogens with one attached hydrogen (secondary N) is 1. The van der Waals surface area contributed by atoms with Gasteiger partial charge in [0.1, 0.15) is 11.1 Å². The van der Waals surface area contributed by atoms with Gasteiger partial charge >= 0.3 is 6.18 Å². The summed E-state index contributed by atoms with van der Waals surface area (Å²) >= 11 is 1.68. The van der Waals surface area contributed by atoms with Crippen molar-refractivity contribution in [2.24, 2.45) is 0 Å². The lowest BCUT2D eigenvalue weighted by atomic mass is 10.0. The lowest BCUT2D eigenvalue weighted by Crippen LogP contribution is -2.15. The van der Waals surface area contributed by atoms with E-state index in [0.717, 1.165) is 5.69 Å². The largest absolute Gasteiger partial charge is 0.418 e. The zero-order valence-electron chi connectivity index (χ0n) is 12.9. The second kappa shape index (κ2) is 6.65. The summed E-state index contributed by atoms with van der Waals surface area (Å²) in [5, 5.41) is 13.0. The van der Waals surface area contributed by atoms with Crippen molar-refractivity contribution in [1.82, 2.24) is 9.97 Å². The fraction of sp³-hybridized carbons (Fsp3) is 0.333. The highest BCUT2D eigenvalue weighted by atomic mass is 32.2. The number of nitrogens with zero attached hydrogens (tertiary/aromatic N) is 3. The lowest BCUT2D eigenvalue weighted by molar-refractivity contribution is -0.138. The summed E-state index contributed by atoms with van der Waals surface area (Å²) < 4.78 is 40.4. The van der Waals surface area contributed by atoms with Crippen LogP contribution >= 0.6 is 23.1 Å². The van der Waals surface area contributed by atoms with Crippen LogP contribution in [-0.2, 0) is 19.0 Å². The number of carbonyl (C=O) groups is 1. The van der Waals surface area contributed by atoms with Crippen molar-refractivity contribution < 1.29 is 18.0 Å². The minimum Gasteiger partial charge on any atom is -0.292 e.